The van der Waals surface area contributed by atoms with Gasteiger partial charge in [-0.3, -0.25) is 14.2 Å². The van der Waals surface area contributed by atoms with Crippen molar-refractivity contribution in [3.8, 4) is 17.2 Å². The number of thioether (sulfide) groups is 1. The first-order valence-electron chi connectivity index (χ1n) is 11.1. The quantitative estimate of drug-likeness (QED) is 0.286. The molecule has 7 nitrogen and oxygen atoms in total. The first-order chi connectivity index (χ1) is 16.9. The molecule has 0 fully saturated rings. The lowest BCUT2D eigenvalue weighted by atomic mass is 10.1. The Morgan fingerprint density at radius 2 is 1.80 bits per heavy atom. The summed E-state index contributed by atoms with van der Waals surface area (Å²) in [6, 6.07) is 20.0. The summed E-state index contributed by atoms with van der Waals surface area (Å²) in [5.41, 5.74) is 3.03. The molecule has 1 N–H and O–H groups in total. The van der Waals surface area contributed by atoms with Crippen LogP contribution in [0.25, 0.3) is 16.6 Å². The highest BCUT2D eigenvalue weighted by Gasteiger charge is 2.18. The van der Waals surface area contributed by atoms with Crippen molar-refractivity contribution in [3.63, 3.8) is 0 Å². The minimum Gasteiger partial charge on any atom is -0.497 e. The summed E-state index contributed by atoms with van der Waals surface area (Å²) in [7, 11) is 3.18. The largest absolute Gasteiger partial charge is 0.497 e. The molecule has 0 radical (unpaired) electrons. The van der Waals surface area contributed by atoms with Gasteiger partial charge in [0.1, 0.15) is 11.5 Å². The van der Waals surface area contributed by atoms with E-state index in [1.165, 1.54) is 11.8 Å². The maximum atomic E-state index is 13.4. The normalized spacial score (nSPS) is 11.8. The second kappa shape index (κ2) is 10.7. The average Bonchev–Trinajstić information content (AvgIpc) is 2.88. The number of ether oxygens (including phenoxy) is 2. The van der Waals surface area contributed by atoms with Gasteiger partial charge in [-0.05, 0) is 56.3 Å². The number of carbonyl (C=O) groups is 1. The highest BCUT2D eigenvalue weighted by atomic mass is 32.2. The molecule has 3 aromatic carbocycles. The summed E-state index contributed by atoms with van der Waals surface area (Å²) in [6.07, 6.45) is 0. The summed E-state index contributed by atoms with van der Waals surface area (Å²) in [5.74, 6) is 1.24. The zero-order valence-electron chi connectivity index (χ0n) is 20.1. The zero-order valence-corrected chi connectivity index (χ0v) is 20.9. The number of rotatable bonds is 8. The lowest BCUT2D eigenvalue weighted by Crippen LogP contribution is -2.29. The van der Waals surface area contributed by atoms with Crippen molar-refractivity contribution in [1.82, 2.24) is 14.9 Å². The molecule has 4 rings (SSSR count). The third kappa shape index (κ3) is 5.33. The minimum absolute atomic E-state index is 0.0905. The summed E-state index contributed by atoms with van der Waals surface area (Å²) in [6.45, 7) is 3.88. The first kappa shape index (κ1) is 24.3. The fraction of sp³-hybridized carbons (Fsp3) is 0.222. The molecule has 0 bridgehead atoms. The van der Waals surface area contributed by atoms with Crippen molar-refractivity contribution in [1.29, 1.82) is 0 Å². The van der Waals surface area contributed by atoms with Crippen molar-refractivity contribution in [2.45, 2.75) is 25.0 Å². The third-order valence-corrected chi connectivity index (χ3v) is 6.59. The van der Waals surface area contributed by atoms with Crippen LogP contribution >= 0.6 is 11.8 Å². The number of hydrogen-bond acceptors (Lipinski definition) is 6. The summed E-state index contributed by atoms with van der Waals surface area (Å²) in [5, 5.41) is 3.99. The van der Waals surface area contributed by atoms with E-state index in [0.717, 1.165) is 11.1 Å². The lowest BCUT2D eigenvalue weighted by molar-refractivity contribution is -0.119. The Hall–Kier alpha value is -3.78. The molecule has 1 atom stereocenters. The fourth-order valence-electron chi connectivity index (χ4n) is 3.80. The van der Waals surface area contributed by atoms with Crippen LogP contribution in [0.3, 0.4) is 0 Å². The van der Waals surface area contributed by atoms with Crippen molar-refractivity contribution < 1.29 is 14.3 Å². The number of hydrogen-bond donors (Lipinski definition) is 1. The van der Waals surface area contributed by atoms with E-state index in [1.54, 1.807) is 30.9 Å². The van der Waals surface area contributed by atoms with Crippen LogP contribution in [-0.2, 0) is 4.79 Å². The van der Waals surface area contributed by atoms with Gasteiger partial charge in [-0.1, -0.05) is 41.6 Å². The molecule has 180 valence electrons. The number of nitrogens with one attached hydrogen (secondary N) is 1. The molecule has 1 amide bonds. The highest BCUT2D eigenvalue weighted by Crippen LogP contribution is 2.29. The van der Waals surface area contributed by atoms with Crippen LogP contribution < -0.4 is 20.3 Å². The smallest absolute Gasteiger partial charge is 0.266 e. The second-order valence-corrected chi connectivity index (χ2v) is 9.02. The topological polar surface area (TPSA) is 82.5 Å². The Morgan fingerprint density at radius 1 is 1.06 bits per heavy atom. The monoisotopic (exact) mass is 489 g/mol. The van der Waals surface area contributed by atoms with Crippen LogP contribution in [0.5, 0.6) is 11.5 Å². The van der Waals surface area contributed by atoms with E-state index < -0.39 is 0 Å². The number of aryl methyl sites for hydroxylation is 1. The summed E-state index contributed by atoms with van der Waals surface area (Å²) >= 11 is 1.22. The molecule has 1 heterocycles. The Labute approximate surface area is 208 Å². The molecular weight excluding hydrogens is 462 g/mol. The second-order valence-electron chi connectivity index (χ2n) is 8.07. The van der Waals surface area contributed by atoms with E-state index in [0.29, 0.717) is 33.2 Å². The molecule has 0 aliphatic rings. The molecule has 35 heavy (non-hydrogen) atoms. The Balaban J connectivity index is 1.59. The van der Waals surface area contributed by atoms with Gasteiger partial charge in [0, 0.05) is 5.56 Å². The van der Waals surface area contributed by atoms with Gasteiger partial charge >= 0.3 is 0 Å². The van der Waals surface area contributed by atoms with Gasteiger partial charge < -0.3 is 14.8 Å². The number of amides is 1. The third-order valence-electron chi connectivity index (χ3n) is 5.65. The summed E-state index contributed by atoms with van der Waals surface area (Å²) < 4.78 is 12.3. The number of nitrogens with zero attached hydrogens (tertiary/aromatic N) is 2. The van der Waals surface area contributed by atoms with Crippen LogP contribution in [0.2, 0.25) is 0 Å². The van der Waals surface area contributed by atoms with Crippen molar-refractivity contribution in [2.75, 3.05) is 20.0 Å². The molecular formula is C27H27N3O4S. The van der Waals surface area contributed by atoms with Crippen LogP contribution in [0, 0.1) is 6.92 Å². The molecule has 0 spiro atoms. The lowest BCUT2D eigenvalue weighted by Gasteiger charge is -2.18. The van der Waals surface area contributed by atoms with Crippen molar-refractivity contribution in [2.24, 2.45) is 0 Å². The van der Waals surface area contributed by atoms with Gasteiger partial charge in [-0.15, -0.1) is 0 Å². The van der Waals surface area contributed by atoms with Crippen LogP contribution in [0.1, 0.15) is 24.1 Å². The zero-order chi connectivity index (χ0) is 24.9. The maximum absolute atomic E-state index is 13.4. The molecule has 0 saturated carbocycles. The predicted molar refractivity (Wildman–Crippen MR) is 139 cm³/mol. The Morgan fingerprint density at radius 3 is 2.51 bits per heavy atom. The number of aromatic nitrogens is 2. The van der Waals surface area contributed by atoms with Gasteiger partial charge in [0.2, 0.25) is 5.91 Å². The van der Waals surface area contributed by atoms with Gasteiger partial charge in [-0.25, -0.2) is 4.98 Å². The van der Waals surface area contributed by atoms with E-state index >= 15 is 0 Å². The van der Waals surface area contributed by atoms with Gasteiger partial charge in [0.15, 0.2) is 5.16 Å². The molecule has 8 heteroatoms. The summed E-state index contributed by atoms with van der Waals surface area (Å²) in [4.78, 5) is 30.9. The van der Waals surface area contributed by atoms with E-state index in [4.69, 9.17) is 14.5 Å². The number of benzene rings is 3. The number of para-hydroxylation sites is 1. The Bertz CT molecular complexity index is 1420. The molecule has 1 unspecified atom stereocenters. The molecule has 0 saturated heterocycles. The van der Waals surface area contributed by atoms with Gasteiger partial charge in [0.05, 0.1) is 42.6 Å². The van der Waals surface area contributed by atoms with Crippen molar-refractivity contribution >= 4 is 28.6 Å². The Kier molecular flexibility index (Phi) is 7.41. The molecule has 4 aromatic rings. The molecule has 1 aromatic heterocycles. The average molecular weight is 490 g/mol. The van der Waals surface area contributed by atoms with E-state index in [9.17, 15) is 9.59 Å². The fourth-order valence-corrected chi connectivity index (χ4v) is 4.62. The van der Waals surface area contributed by atoms with E-state index in [-0.39, 0.29) is 23.3 Å². The standard InChI is InChI=1S/C27H27N3O4S/c1-17-9-11-19(12-10-17)30-26(32)21-7-5-6-8-23(21)29-27(30)35-16-25(31)28-18(2)22-15-20(33-3)13-14-24(22)34-4/h5-15,18H,16H2,1-4H3,(H,28,31). The number of methoxy groups -OCH3 is 2. The SMILES string of the molecule is COc1ccc(OC)c(C(C)NC(=O)CSc2nc3ccccc3c(=O)n2-c2ccc(C)cc2)c1. The number of fused-ring (bicyclic) bond motifs is 1. The number of carbonyl (C=O) groups excluding carboxylic acids is 1. The van der Waals surface area contributed by atoms with Gasteiger partial charge in [-0.2, -0.15) is 0 Å². The minimum atomic E-state index is -0.308. The van der Waals surface area contributed by atoms with Crippen molar-refractivity contribution in [3.05, 3.63) is 88.2 Å². The van der Waals surface area contributed by atoms with Gasteiger partial charge in [0.25, 0.3) is 5.56 Å². The van der Waals surface area contributed by atoms with E-state index in [2.05, 4.69) is 5.32 Å². The molecule has 0 aliphatic carbocycles. The first-order valence-corrected chi connectivity index (χ1v) is 12.1. The van der Waals surface area contributed by atoms with E-state index in [1.807, 2.05) is 68.4 Å². The highest BCUT2D eigenvalue weighted by molar-refractivity contribution is 7.99. The van der Waals surface area contributed by atoms with Crippen LogP contribution in [0.4, 0.5) is 0 Å². The molecule has 0 aliphatic heterocycles. The maximum Gasteiger partial charge on any atom is 0.266 e. The van der Waals surface area contributed by atoms with Crippen LogP contribution in [-0.4, -0.2) is 35.4 Å². The van der Waals surface area contributed by atoms with Crippen LogP contribution in [0.15, 0.2) is 76.7 Å². The predicted octanol–water partition coefficient (Wildman–Crippen LogP) is 4.68.